The van der Waals surface area contributed by atoms with Crippen LogP contribution in [-0.4, -0.2) is 0 Å². The van der Waals surface area contributed by atoms with E-state index in [1.165, 1.54) is 32.3 Å². The SMILES string of the molecule is [C]#Cc1ccc2c3ccccc3c3ccccc3c2c1. The fourth-order valence-electron chi connectivity index (χ4n) is 2.99. The van der Waals surface area contributed by atoms with Crippen molar-refractivity contribution in [1.29, 1.82) is 0 Å². The monoisotopic (exact) mass is 251 g/mol. The van der Waals surface area contributed by atoms with Gasteiger partial charge < -0.3 is 0 Å². The molecule has 0 spiro atoms. The molecule has 4 rings (SSSR count). The molecule has 0 atom stereocenters. The van der Waals surface area contributed by atoms with Crippen LogP contribution in [0.25, 0.3) is 32.3 Å². The average molecular weight is 251 g/mol. The first-order valence-corrected chi connectivity index (χ1v) is 6.64. The minimum absolute atomic E-state index is 0.818. The third-order valence-electron chi connectivity index (χ3n) is 3.89. The van der Waals surface area contributed by atoms with Crippen molar-refractivity contribution in [3.8, 4) is 5.92 Å². The molecule has 0 heterocycles. The van der Waals surface area contributed by atoms with Gasteiger partial charge in [0.25, 0.3) is 0 Å². The first kappa shape index (κ1) is 11.1. The van der Waals surface area contributed by atoms with Crippen LogP contribution in [0.4, 0.5) is 0 Å². The van der Waals surface area contributed by atoms with Crippen LogP contribution in [0.3, 0.4) is 0 Å². The molecule has 0 unspecified atom stereocenters. The van der Waals surface area contributed by atoms with Crippen LogP contribution >= 0.6 is 0 Å². The van der Waals surface area contributed by atoms with E-state index in [1.807, 2.05) is 6.07 Å². The van der Waals surface area contributed by atoms with Crippen LogP contribution in [0.5, 0.6) is 0 Å². The maximum absolute atomic E-state index is 7.34. The molecule has 0 N–H and O–H groups in total. The van der Waals surface area contributed by atoms with Gasteiger partial charge in [-0.15, -0.1) is 0 Å². The summed E-state index contributed by atoms with van der Waals surface area (Å²) in [6, 6.07) is 23.1. The molecule has 0 saturated heterocycles. The molecule has 1 radical (unpaired) electrons. The normalized spacial score (nSPS) is 10.9. The first-order chi connectivity index (χ1) is 9.88. The molecule has 0 aliphatic heterocycles. The van der Waals surface area contributed by atoms with Crippen molar-refractivity contribution in [2.75, 3.05) is 0 Å². The summed E-state index contributed by atoms with van der Waals surface area (Å²) in [5.41, 5.74) is 0.818. The van der Waals surface area contributed by atoms with Crippen LogP contribution in [0.1, 0.15) is 5.56 Å². The zero-order valence-corrected chi connectivity index (χ0v) is 10.9. The minimum Gasteiger partial charge on any atom is -0.0616 e. The zero-order valence-electron chi connectivity index (χ0n) is 10.9. The third kappa shape index (κ3) is 1.44. The van der Waals surface area contributed by atoms with Crippen LogP contribution < -0.4 is 0 Å². The summed E-state index contributed by atoms with van der Waals surface area (Å²) in [7, 11) is 0. The molecular weight excluding hydrogens is 240 g/mol. The maximum Gasteiger partial charge on any atom is 0.0262 e. The van der Waals surface area contributed by atoms with Crippen LogP contribution in [0, 0.1) is 12.3 Å². The lowest BCUT2D eigenvalue weighted by Gasteiger charge is -2.10. The molecule has 4 aromatic carbocycles. The predicted octanol–water partition coefficient (Wildman–Crippen LogP) is 5.08. The Labute approximate surface area is 117 Å². The van der Waals surface area contributed by atoms with E-state index in [-0.39, 0.29) is 0 Å². The molecule has 0 aromatic heterocycles. The summed E-state index contributed by atoms with van der Waals surface area (Å²) in [4.78, 5) is 0. The highest BCUT2D eigenvalue weighted by Gasteiger charge is 2.07. The van der Waals surface area contributed by atoms with Gasteiger partial charge in [0, 0.05) is 5.56 Å². The number of fused-ring (bicyclic) bond motifs is 6. The Morgan fingerprint density at radius 3 is 1.50 bits per heavy atom. The van der Waals surface area contributed by atoms with Gasteiger partial charge in [-0.1, -0.05) is 60.5 Å². The van der Waals surface area contributed by atoms with E-state index in [0.717, 1.165) is 5.56 Å². The Morgan fingerprint density at radius 2 is 1.00 bits per heavy atom. The Balaban J connectivity index is 2.39. The molecule has 20 heavy (non-hydrogen) atoms. The largest absolute Gasteiger partial charge is 0.0616 e. The lowest BCUT2D eigenvalue weighted by atomic mass is 9.93. The fraction of sp³-hybridized carbons (Fsp3) is 0. The number of benzene rings is 4. The van der Waals surface area contributed by atoms with Gasteiger partial charge in [-0.3, -0.25) is 0 Å². The highest BCUT2D eigenvalue weighted by molar-refractivity contribution is 6.25. The van der Waals surface area contributed by atoms with Gasteiger partial charge in [0.15, 0.2) is 0 Å². The van der Waals surface area contributed by atoms with Crippen molar-refractivity contribution in [3.63, 3.8) is 0 Å². The molecule has 91 valence electrons. The summed E-state index contributed by atoms with van der Waals surface area (Å²) in [5.74, 6) is 2.48. The molecule has 0 aliphatic rings. The van der Waals surface area contributed by atoms with Gasteiger partial charge in [-0.05, 0) is 50.9 Å². The lowest BCUT2D eigenvalue weighted by molar-refractivity contribution is 1.72. The second-order valence-electron chi connectivity index (χ2n) is 4.98. The quantitative estimate of drug-likeness (QED) is 0.302. The van der Waals surface area contributed by atoms with Gasteiger partial charge in [0.05, 0.1) is 0 Å². The highest BCUT2D eigenvalue weighted by atomic mass is 14.1. The predicted molar refractivity (Wildman–Crippen MR) is 85.2 cm³/mol. The second kappa shape index (κ2) is 4.11. The van der Waals surface area contributed by atoms with Gasteiger partial charge in [0.1, 0.15) is 0 Å². The Hall–Kier alpha value is -2.78. The van der Waals surface area contributed by atoms with Crippen molar-refractivity contribution in [2.45, 2.75) is 0 Å². The summed E-state index contributed by atoms with van der Waals surface area (Å²) < 4.78 is 0. The summed E-state index contributed by atoms with van der Waals surface area (Å²) in [5, 5.41) is 7.46. The van der Waals surface area contributed by atoms with E-state index in [4.69, 9.17) is 6.42 Å². The number of hydrogen-bond acceptors (Lipinski definition) is 0. The molecule has 0 saturated carbocycles. The van der Waals surface area contributed by atoms with Crippen molar-refractivity contribution >= 4 is 32.3 Å². The van der Waals surface area contributed by atoms with E-state index in [1.54, 1.807) is 0 Å². The van der Waals surface area contributed by atoms with Gasteiger partial charge in [-0.2, -0.15) is 0 Å². The Morgan fingerprint density at radius 1 is 0.550 bits per heavy atom. The number of hydrogen-bond donors (Lipinski definition) is 0. The van der Waals surface area contributed by atoms with Gasteiger partial charge >= 0.3 is 0 Å². The van der Waals surface area contributed by atoms with Crippen molar-refractivity contribution in [3.05, 3.63) is 78.7 Å². The van der Waals surface area contributed by atoms with E-state index in [9.17, 15) is 0 Å². The third-order valence-corrected chi connectivity index (χ3v) is 3.89. The summed E-state index contributed by atoms with van der Waals surface area (Å²) >= 11 is 0. The van der Waals surface area contributed by atoms with Crippen molar-refractivity contribution in [1.82, 2.24) is 0 Å². The standard InChI is InChI=1S/C20H11/c1-2-14-11-12-19-17-9-4-3-7-15(17)16-8-5-6-10-18(16)20(19)13-14/h3-13H. The van der Waals surface area contributed by atoms with Crippen LogP contribution in [0.2, 0.25) is 0 Å². The molecule has 0 bridgehead atoms. The van der Waals surface area contributed by atoms with Crippen LogP contribution in [-0.2, 0) is 0 Å². The second-order valence-corrected chi connectivity index (χ2v) is 4.98. The summed E-state index contributed by atoms with van der Waals surface area (Å²) in [6.07, 6.45) is 7.34. The zero-order chi connectivity index (χ0) is 13.5. The topological polar surface area (TPSA) is 0 Å². The minimum atomic E-state index is 0.818. The van der Waals surface area contributed by atoms with Gasteiger partial charge in [-0.25, -0.2) is 0 Å². The molecule has 0 heteroatoms. The van der Waals surface area contributed by atoms with Crippen LogP contribution in [0.15, 0.2) is 66.7 Å². The van der Waals surface area contributed by atoms with E-state index in [0.29, 0.717) is 0 Å². The highest BCUT2D eigenvalue weighted by Crippen LogP contribution is 2.34. The van der Waals surface area contributed by atoms with E-state index < -0.39 is 0 Å². The van der Waals surface area contributed by atoms with Gasteiger partial charge in [0.2, 0.25) is 0 Å². The molecule has 0 nitrogen and oxygen atoms in total. The smallest absolute Gasteiger partial charge is 0.0262 e. The first-order valence-electron chi connectivity index (χ1n) is 6.64. The molecule has 0 aliphatic carbocycles. The van der Waals surface area contributed by atoms with Crippen molar-refractivity contribution < 1.29 is 0 Å². The summed E-state index contributed by atoms with van der Waals surface area (Å²) in [6.45, 7) is 0. The number of rotatable bonds is 0. The maximum atomic E-state index is 7.34. The molecule has 0 fully saturated rings. The molecular formula is C20H11. The fourth-order valence-corrected chi connectivity index (χ4v) is 2.99. The molecule has 4 aromatic rings. The van der Waals surface area contributed by atoms with Crippen molar-refractivity contribution in [2.24, 2.45) is 0 Å². The average Bonchev–Trinajstić information content (AvgIpc) is 2.54. The van der Waals surface area contributed by atoms with E-state index in [2.05, 4.69) is 66.6 Å². The Kier molecular flexibility index (Phi) is 2.28. The lowest BCUT2D eigenvalue weighted by Crippen LogP contribution is -1.84. The Bertz CT molecular complexity index is 965. The molecule has 0 amide bonds. The van der Waals surface area contributed by atoms with E-state index >= 15 is 0 Å².